The molecule has 0 radical (unpaired) electrons. The van der Waals surface area contributed by atoms with Gasteiger partial charge >= 0.3 is 0 Å². The van der Waals surface area contributed by atoms with Crippen LogP contribution in [0.2, 0.25) is 0 Å². The first-order valence-electron chi connectivity index (χ1n) is 4.90. The van der Waals surface area contributed by atoms with Crippen molar-refractivity contribution in [3.63, 3.8) is 0 Å². The second-order valence-corrected chi connectivity index (χ2v) is 3.69. The molecule has 1 aromatic carbocycles. The van der Waals surface area contributed by atoms with E-state index in [4.69, 9.17) is 10.8 Å². The van der Waals surface area contributed by atoms with Crippen LogP contribution in [0, 0.1) is 5.82 Å². The number of nitrogens with zero attached hydrogens (tertiary/aromatic N) is 1. The molecule has 0 aromatic heterocycles. The lowest BCUT2D eigenvalue weighted by Gasteiger charge is -2.23. The summed E-state index contributed by atoms with van der Waals surface area (Å²) in [6, 6.07) is 3.55. The second-order valence-electron chi connectivity index (χ2n) is 3.69. The average molecular weight is 226 g/mol. The van der Waals surface area contributed by atoms with Crippen molar-refractivity contribution in [1.29, 1.82) is 0 Å². The molecular weight excluding hydrogens is 211 g/mol. The molecule has 0 saturated carbocycles. The molecule has 1 aromatic rings. The summed E-state index contributed by atoms with van der Waals surface area (Å²) >= 11 is 0. The number of nitrogen functional groups attached to an aromatic ring is 1. The highest BCUT2D eigenvalue weighted by Gasteiger charge is 2.19. The maximum Gasteiger partial charge on any atom is 0.256 e. The van der Waals surface area contributed by atoms with E-state index in [0.717, 1.165) is 6.07 Å². The van der Waals surface area contributed by atoms with Crippen molar-refractivity contribution in [2.45, 2.75) is 13.0 Å². The first-order valence-corrected chi connectivity index (χ1v) is 4.90. The Hall–Kier alpha value is -1.62. The Morgan fingerprint density at radius 3 is 2.75 bits per heavy atom. The van der Waals surface area contributed by atoms with E-state index in [1.54, 1.807) is 6.92 Å². The summed E-state index contributed by atoms with van der Waals surface area (Å²) in [4.78, 5) is 13.1. The monoisotopic (exact) mass is 226 g/mol. The van der Waals surface area contributed by atoms with E-state index in [-0.39, 0.29) is 23.9 Å². The zero-order valence-corrected chi connectivity index (χ0v) is 9.27. The van der Waals surface area contributed by atoms with Crippen molar-refractivity contribution < 1.29 is 14.3 Å². The fourth-order valence-corrected chi connectivity index (χ4v) is 1.22. The van der Waals surface area contributed by atoms with Gasteiger partial charge in [0.1, 0.15) is 5.82 Å². The molecule has 0 aliphatic heterocycles. The summed E-state index contributed by atoms with van der Waals surface area (Å²) in [6.07, 6.45) is 0. The van der Waals surface area contributed by atoms with Crippen LogP contribution in [0.3, 0.4) is 0 Å². The molecule has 0 bridgehead atoms. The van der Waals surface area contributed by atoms with Gasteiger partial charge < -0.3 is 15.7 Å². The first-order chi connectivity index (χ1) is 7.47. The van der Waals surface area contributed by atoms with Crippen LogP contribution in [0.1, 0.15) is 17.3 Å². The molecule has 5 heteroatoms. The molecule has 3 N–H and O–H groups in total. The number of halogens is 1. The fraction of sp³-hybridized carbons (Fsp3) is 0.364. The van der Waals surface area contributed by atoms with Gasteiger partial charge in [0, 0.05) is 12.7 Å². The minimum absolute atomic E-state index is 0.0444. The van der Waals surface area contributed by atoms with E-state index in [2.05, 4.69) is 0 Å². The Balaban J connectivity index is 2.96. The quantitative estimate of drug-likeness (QED) is 0.751. The van der Waals surface area contributed by atoms with Gasteiger partial charge in [-0.15, -0.1) is 0 Å². The Labute approximate surface area is 93.5 Å². The van der Waals surface area contributed by atoms with Gasteiger partial charge in [-0.05, 0) is 25.1 Å². The number of benzene rings is 1. The van der Waals surface area contributed by atoms with Crippen LogP contribution in [-0.2, 0) is 0 Å². The van der Waals surface area contributed by atoms with E-state index in [1.807, 2.05) is 0 Å². The Morgan fingerprint density at radius 1 is 1.62 bits per heavy atom. The summed E-state index contributed by atoms with van der Waals surface area (Å²) < 4.78 is 13.4. The highest BCUT2D eigenvalue weighted by molar-refractivity contribution is 5.94. The van der Waals surface area contributed by atoms with Crippen molar-refractivity contribution in [2.75, 3.05) is 19.4 Å². The number of hydrogen-bond donors (Lipinski definition) is 2. The molecule has 4 nitrogen and oxygen atoms in total. The standard InChI is InChI=1S/C11H15FN2O2/c1-7(6-15)14(2)11(16)9-4-3-8(13)5-10(9)12/h3-5,7,15H,6,13H2,1-2H3. The fourth-order valence-electron chi connectivity index (χ4n) is 1.22. The summed E-state index contributed by atoms with van der Waals surface area (Å²) in [7, 11) is 1.51. The number of nitrogens with two attached hydrogens (primary N) is 1. The summed E-state index contributed by atoms with van der Waals surface area (Å²) in [6.45, 7) is 1.51. The van der Waals surface area contributed by atoms with Gasteiger partial charge in [0.05, 0.1) is 18.2 Å². The largest absolute Gasteiger partial charge is 0.399 e. The number of carbonyl (C=O) groups is 1. The highest BCUT2D eigenvalue weighted by atomic mass is 19.1. The van der Waals surface area contributed by atoms with E-state index in [1.165, 1.54) is 24.1 Å². The molecule has 0 aliphatic carbocycles. The van der Waals surface area contributed by atoms with E-state index in [0.29, 0.717) is 0 Å². The van der Waals surface area contributed by atoms with Gasteiger partial charge in [0.2, 0.25) is 0 Å². The van der Waals surface area contributed by atoms with E-state index >= 15 is 0 Å². The van der Waals surface area contributed by atoms with Crippen molar-refractivity contribution in [1.82, 2.24) is 4.90 Å². The van der Waals surface area contributed by atoms with Crippen LogP contribution < -0.4 is 5.73 Å². The zero-order valence-electron chi connectivity index (χ0n) is 9.27. The molecule has 0 heterocycles. The number of amides is 1. The molecule has 0 fully saturated rings. The van der Waals surface area contributed by atoms with Gasteiger partial charge in [-0.2, -0.15) is 0 Å². The van der Waals surface area contributed by atoms with Crippen LogP contribution in [-0.4, -0.2) is 35.6 Å². The van der Waals surface area contributed by atoms with Crippen molar-refractivity contribution in [2.24, 2.45) is 0 Å². The number of anilines is 1. The Kier molecular flexibility index (Phi) is 3.84. The Morgan fingerprint density at radius 2 is 2.25 bits per heavy atom. The molecular formula is C11H15FN2O2. The predicted molar refractivity (Wildman–Crippen MR) is 59.5 cm³/mol. The minimum atomic E-state index is -0.651. The van der Waals surface area contributed by atoms with Crippen LogP contribution in [0.5, 0.6) is 0 Å². The summed E-state index contributed by atoms with van der Waals surface area (Å²) in [5.74, 6) is -1.12. The number of aliphatic hydroxyl groups is 1. The molecule has 0 spiro atoms. The first kappa shape index (κ1) is 12.4. The molecule has 1 amide bonds. The molecule has 0 aliphatic rings. The topological polar surface area (TPSA) is 66.6 Å². The average Bonchev–Trinajstić information content (AvgIpc) is 2.26. The van der Waals surface area contributed by atoms with Crippen LogP contribution in [0.4, 0.5) is 10.1 Å². The number of aliphatic hydroxyl groups excluding tert-OH is 1. The minimum Gasteiger partial charge on any atom is -0.399 e. The number of likely N-dealkylation sites (N-methyl/N-ethyl adjacent to an activating group) is 1. The molecule has 0 saturated heterocycles. The highest BCUT2D eigenvalue weighted by Crippen LogP contribution is 2.14. The van der Waals surface area contributed by atoms with Gasteiger partial charge in [0.25, 0.3) is 5.91 Å². The third-order valence-electron chi connectivity index (χ3n) is 2.47. The van der Waals surface area contributed by atoms with Gasteiger partial charge in [-0.1, -0.05) is 0 Å². The summed E-state index contributed by atoms with van der Waals surface area (Å²) in [5.41, 5.74) is 5.61. The third kappa shape index (κ3) is 2.49. The van der Waals surface area contributed by atoms with Crippen LogP contribution >= 0.6 is 0 Å². The maximum atomic E-state index is 13.4. The molecule has 1 unspecified atom stereocenters. The molecule has 1 atom stereocenters. The summed E-state index contributed by atoms with van der Waals surface area (Å²) in [5, 5.41) is 8.91. The van der Waals surface area contributed by atoms with Crippen LogP contribution in [0.15, 0.2) is 18.2 Å². The van der Waals surface area contributed by atoms with Gasteiger partial charge in [-0.25, -0.2) is 4.39 Å². The lowest BCUT2D eigenvalue weighted by Crippen LogP contribution is -2.37. The number of carbonyl (C=O) groups excluding carboxylic acids is 1. The Bertz CT molecular complexity index is 396. The van der Waals surface area contributed by atoms with E-state index < -0.39 is 11.7 Å². The number of hydrogen-bond acceptors (Lipinski definition) is 3. The van der Waals surface area contributed by atoms with Gasteiger partial charge in [0.15, 0.2) is 0 Å². The lowest BCUT2D eigenvalue weighted by molar-refractivity contribution is 0.0677. The van der Waals surface area contributed by atoms with Gasteiger partial charge in [-0.3, -0.25) is 4.79 Å². The van der Waals surface area contributed by atoms with Crippen molar-refractivity contribution in [3.05, 3.63) is 29.6 Å². The SMILES string of the molecule is CC(CO)N(C)C(=O)c1ccc(N)cc1F. The number of rotatable bonds is 3. The molecule has 16 heavy (non-hydrogen) atoms. The normalized spacial score (nSPS) is 12.2. The zero-order chi connectivity index (χ0) is 12.3. The van der Waals surface area contributed by atoms with Crippen LogP contribution in [0.25, 0.3) is 0 Å². The van der Waals surface area contributed by atoms with Crippen molar-refractivity contribution in [3.8, 4) is 0 Å². The third-order valence-corrected chi connectivity index (χ3v) is 2.47. The second kappa shape index (κ2) is 4.94. The van der Waals surface area contributed by atoms with E-state index in [9.17, 15) is 9.18 Å². The molecule has 1 rings (SSSR count). The smallest absolute Gasteiger partial charge is 0.256 e. The molecule has 88 valence electrons. The van der Waals surface area contributed by atoms with Crippen molar-refractivity contribution >= 4 is 11.6 Å². The predicted octanol–water partition coefficient (Wildman–Crippen LogP) is 0.861. The maximum absolute atomic E-state index is 13.4. The lowest BCUT2D eigenvalue weighted by atomic mass is 10.1.